The number of rotatable bonds is 22. The van der Waals surface area contributed by atoms with Crippen molar-refractivity contribution in [1.82, 2.24) is 25.8 Å². The highest BCUT2D eigenvalue weighted by atomic mass is 35.5. The van der Waals surface area contributed by atoms with Gasteiger partial charge in [0.05, 0.1) is 25.6 Å². The Hall–Kier alpha value is -4.56. The number of benzene rings is 2. The summed E-state index contributed by atoms with van der Waals surface area (Å²) in [5.74, 6) is -3.62. The Balaban J connectivity index is 2.22. The van der Waals surface area contributed by atoms with Crippen LogP contribution in [0, 0.1) is 5.92 Å². The fourth-order valence-corrected chi connectivity index (χ4v) is 6.00. The second kappa shape index (κ2) is 23.5. The Kier molecular flexibility index (Phi) is 20.0. The first kappa shape index (κ1) is 47.6. The molecule has 310 valence electrons. The molecule has 0 spiro atoms. The summed E-state index contributed by atoms with van der Waals surface area (Å²) < 4.78 is 24.0. The molecule has 3 N–H and O–H groups in total. The summed E-state index contributed by atoms with van der Waals surface area (Å²) in [5, 5.41) is 8.45. The van der Waals surface area contributed by atoms with Crippen LogP contribution in [0.4, 0.5) is 4.39 Å². The van der Waals surface area contributed by atoms with Gasteiger partial charge in [0.15, 0.2) is 0 Å². The second-order valence-corrected chi connectivity index (χ2v) is 15.3. The van der Waals surface area contributed by atoms with Gasteiger partial charge in [-0.2, -0.15) is 0 Å². The van der Waals surface area contributed by atoms with Crippen LogP contribution in [-0.2, 0) is 51.1 Å². The number of hydrogen-bond acceptors (Lipinski definition) is 8. The standard InChI is InChI=1S/C41H59ClFN5O8/c1-9-35(49)45-33(19-20-43)38(52)46-34(26-55-8)40(54)48(7)32(22-29-15-17-31(42)18-16-29)24-36(50)44-25-27(2)47(6)39(53)30(21-28-13-11-10-12-14-28)23-37(51)56-41(3,4)5/h10-18,27,30,32-34H,9,19-26H2,1-8H3,(H,44,50)(H,45,49)(H,46,52)/t27-,30-,32-,33-,34-/m1/s1. The molecular formula is C41H59ClFN5O8. The number of amides is 5. The molecule has 0 aliphatic carbocycles. The maximum Gasteiger partial charge on any atom is 0.307 e. The van der Waals surface area contributed by atoms with Crippen LogP contribution in [0.2, 0.25) is 5.02 Å². The number of nitrogens with zero attached hydrogens (tertiary/aromatic N) is 2. The van der Waals surface area contributed by atoms with Gasteiger partial charge < -0.3 is 35.2 Å². The van der Waals surface area contributed by atoms with E-state index in [0.717, 1.165) is 11.1 Å². The highest BCUT2D eigenvalue weighted by Gasteiger charge is 2.33. The first-order valence-electron chi connectivity index (χ1n) is 18.8. The molecule has 15 heteroatoms. The summed E-state index contributed by atoms with van der Waals surface area (Å²) in [6.07, 6.45) is 0.116. The van der Waals surface area contributed by atoms with E-state index in [-0.39, 0.29) is 51.2 Å². The third-order valence-electron chi connectivity index (χ3n) is 9.13. The fourth-order valence-electron chi connectivity index (χ4n) is 5.87. The van der Waals surface area contributed by atoms with Gasteiger partial charge in [-0.15, -0.1) is 0 Å². The van der Waals surface area contributed by atoms with Gasteiger partial charge in [0.1, 0.15) is 17.7 Å². The minimum Gasteiger partial charge on any atom is -0.460 e. The maximum atomic E-state index is 13.9. The van der Waals surface area contributed by atoms with Crippen molar-refractivity contribution < 1.29 is 42.6 Å². The van der Waals surface area contributed by atoms with E-state index in [9.17, 15) is 33.2 Å². The number of nitrogens with one attached hydrogen (secondary N) is 3. The van der Waals surface area contributed by atoms with Crippen LogP contribution in [0.3, 0.4) is 0 Å². The van der Waals surface area contributed by atoms with Crippen molar-refractivity contribution >= 4 is 47.1 Å². The maximum absolute atomic E-state index is 13.9. The number of halogens is 2. The Morgan fingerprint density at radius 1 is 0.821 bits per heavy atom. The minimum atomic E-state index is -1.21. The first-order chi connectivity index (χ1) is 26.4. The molecule has 56 heavy (non-hydrogen) atoms. The zero-order chi connectivity index (χ0) is 42.0. The molecule has 5 amide bonds. The molecule has 0 bridgehead atoms. The van der Waals surface area contributed by atoms with Crippen LogP contribution in [0.25, 0.3) is 0 Å². The predicted molar refractivity (Wildman–Crippen MR) is 212 cm³/mol. The lowest BCUT2D eigenvalue weighted by Gasteiger charge is -2.32. The summed E-state index contributed by atoms with van der Waals surface area (Å²) in [5.41, 5.74) is 0.970. The fraction of sp³-hybridized carbons (Fsp3) is 0.561. The molecule has 0 aliphatic heterocycles. The van der Waals surface area contributed by atoms with E-state index in [4.69, 9.17) is 21.1 Å². The van der Waals surface area contributed by atoms with Gasteiger partial charge in [-0.25, -0.2) is 0 Å². The number of carbonyl (C=O) groups excluding carboxylic acids is 6. The van der Waals surface area contributed by atoms with E-state index in [1.165, 1.54) is 24.0 Å². The lowest BCUT2D eigenvalue weighted by atomic mass is 9.94. The molecule has 2 aromatic carbocycles. The Labute approximate surface area is 335 Å². The highest BCUT2D eigenvalue weighted by Crippen LogP contribution is 2.20. The number of likely N-dealkylation sites (N-methyl/N-ethyl adjacent to an activating group) is 2. The van der Waals surface area contributed by atoms with E-state index in [1.54, 1.807) is 65.9 Å². The van der Waals surface area contributed by atoms with Crippen LogP contribution in [-0.4, -0.2) is 116 Å². The van der Waals surface area contributed by atoms with Crippen LogP contribution in [0.15, 0.2) is 54.6 Å². The van der Waals surface area contributed by atoms with E-state index >= 15 is 0 Å². The van der Waals surface area contributed by atoms with Gasteiger partial charge in [-0.1, -0.05) is 61.0 Å². The van der Waals surface area contributed by atoms with Crippen molar-refractivity contribution in [1.29, 1.82) is 0 Å². The Morgan fingerprint density at radius 2 is 1.45 bits per heavy atom. The molecule has 0 unspecified atom stereocenters. The van der Waals surface area contributed by atoms with Crippen LogP contribution in [0.1, 0.15) is 71.4 Å². The SMILES string of the molecule is CCC(=O)N[C@H](CCF)C(=O)N[C@H](COC)C(=O)N(C)[C@@H](CC(=O)NC[C@@H](C)N(C)C(=O)[C@@H](CC(=O)OC(C)(C)C)Cc1ccccc1)Cc1ccc(Cl)cc1. The molecule has 5 atom stereocenters. The number of esters is 1. The van der Waals surface area contributed by atoms with Gasteiger partial charge in [0, 0.05) is 64.1 Å². The first-order valence-corrected chi connectivity index (χ1v) is 19.2. The van der Waals surface area contributed by atoms with E-state index < -0.39 is 72.0 Å². The summed E-state index contributed by atoms with van der Waals surface area (Å²) in [6.45, 7) is 7.66. The van der Waals surface area contributed by atoms with Gasteiger partial charge in [0.25, 0.3) is 0 Å². The average molecular weight is 804 g/mol. The largest absolute Gasteiger partial charge is 0.460 e. The third-order valence-corrected chi connectivity index (χ3v) is 9.38. The molecule has 0 aromatic heterocycles. The Morgan fingerprint density at radius 3 is 2.02 bits per heavy atom. The number of alkyl halides is 1. The smallest absolute Gasteiger partial charge is 0.307 e. The highest BCUT2D eigenvalue weighted by molar-refractivity contribution is 6.30. The van der Waals surface area contributed by atoms with E-state index in [0.29, 0.717) is 11.4 Å². The predicted octanol–water partition coefficient (Wildman–Crippen LogP) is 4.04. The number of ether oxygens (including phenoxy) is 2. The topological polar surface area (TPSA) is 163 Å². The Bertz CT molecular complexity index is 1590. The molecule has 0 aliphatic rings. The normalized spacial score (nSPS) is 14.0. The lowest BCUT2D eigenvalue weighted by molar-refractivity contribution is -0.158. The summed E-state index contributed by atoms with van der Waals surface area (Å²) >= 11 is 6.10. The van der Waals surface area contributed by atoms with Crippen molar-refractivity contribution in [3.63, 3.8) is 0 Å². The third kappa shape index (κ3) is 16.7. The molecule has 0 heterocycles. The molecule has 0 saturated heterocycles. The molecule has 0 radical (unpaired) electrons. The summed E-state index contributed by atoms with van der Waals surface area (Å²) in [7, 11) is 4.49. The van der Waals surface area contributed by atoms with Gasteiger partial charge in [0.2, 0.25) is 29.5 Å². The van der Waals surface area contributed by atoms with Crippen molar-refractivity contribution in [2.45, 2.75) is 103 Å². The average Bonchev–Trinajstić information content (AvgIpc) is 3.15. The van der Waals surface area contributed by atoms with Crippen LogP contribution in [0.5, 0.6) is 0 Å². The van der Waals surface area contributed by atoms with Crippen LogP contribution >= 0.6 is 11.6 Å². The number of methoxy groups -OCH3 is 1. The lowest BCUT2D eigenvalue weighted by Crippen LogP contribution is -2.57. The van der Waals surface area contributed by atoms with E-state index in [2.05, 4.69) is 16.0 Å². The monoisotopic (exact) mass is 803 g/mol. The zero-order valence-corrected chi connectivity index (χ0v) is 34.6. The number of hydrogen-bond donors (Lipinski definition) is 3. The molecule has 0 saturated carbocycles. The summed E-state index contributed by atoms with van der Waals surface area (Å²) in [4.78, 5) is 82.1. The van der Waals surface area contributed by atoms with Crippen molar-refractivity contribution in [2.75, 3.05) is 41.0 Å². The van der Waals surface area contributed by atoms with Gasteiger partial charge in [-0.3, -0.25) is 33.2 Å². The van der Waals surface area contributed by atoms with Gasteiger partial charge in [-0.05, 0) is 63.8 Å². The molecule has 2 aromatic rings. The molecule has 2 rings (SSSR count). The van der Waals surface area contributed by atoms with Crippen molar-refractivity contribution in [2.24, 2.45) is 5.92 Å². The molecule has 0 fully saturated rings. The van der Waals surface area contributed by atoms with E-state index in [1.807, 2.05) is 30.3 Å². The molecule has 13 nitrogen and oxygen atoms in total. The summed E-state index contributed by atoms with van der Waals surface area (Å²) in [6, 6.07) is 12.8. The van der Waals surface area contributed by atoms with Crippen LogP contribution < -0.4 is 16.0 Å². The zero-order valence-electron chi connectivity index (χ0n) is 33.9. The van der Waals surface area contributed by atoms with Gasteiger partial charge >= 0.3 is 5.97 Å². The quantitative estimate of drug-likeness (QED) is 0.150. The van der Waals surface area contributed by atoms with Crippen molar-refractivity contribution in [3.05, 3.63) is 70.7 Å². The van der Waals surface area contributed by atoms with Crippen molar-refractivity contribution in [3.8, 4) is 0 Å². The molecular weight excluding hydrogens is 745 g/mol. The minimum absolute atomic E-state index is 0.0820. The number of carbonyl (C=O) groups is 6. The second-order valence-electron chi connectivity index (χ2n) is 14.9.